The summed E-state index contributed by atoms with van der Waals surface area (Å²) in [5.74, 6) is 1.34. The van der Waals surface area contributed by atoms with Crippen LogP contribution in [0.4, 0.5) is 10.2 Å². The second-order valence-corrected chi connectivity index (χ2v) is 5.60. The number of hydrogen-bond acceptors (Lipinski definition) is 2. The van der Waals surface area contributed by atoms with Crippen molar-refractivity contribution in [1.82, 2.24) is 9.55 Å². The van der Waals surface area contributed by atoms with Crippen molar-refractivity contribution >= 4 is 5.82 Å². The number of nitrogens with zero attached hydrogens (tertiary/aromatic N) is 2. The van der Waals surface area contributed by atoms with Crippen molar-refractivity contribution in [3.05, 3.63) is 35.4 Å². The van der Waals surface area contributed by atoms with Gasteiger partial charge < -0.3 is 10.3 Å². The van der Waals surface area contributed by atoms with Gasteiger partial charge in [0.15, 0.2) is 0 Å². The molecule has 0 bridgehead atoms. The van der Waals surface area contributed by atoms with Gasteiger partial charge in [0.2, 0.25) is 0 Å². The molecule has 0 amide bonds. The van der Waals surface area contributed by atoms with Crippen LogP contribution in [0.15, 0.2) is 18.2 Å². The molecule has 0 radical (unpaired) electrons. The minimum atomic E-state index is -0.259. The molecule has 1 aliphatic carbocycles. The molecule has 20 heavy (non-hydrogen) atoms. The maximum atomic E-state index is 14.1. The van der Waals surface area contributed by atoms with Gasteiger partial charge >= 0.3 is 0 Å². The van der Waals surface area contributed by atoms with Gasteiger partial charge in [-0.1, -0.05) is 18.6 Å². The van der Waals surface area contributed by atoms with Crippen LogP contribution < -0.4 is 5.73 Å². The van der Waals surface area contributed by atoms with Gasteiger partial charge in [-0.2, -0.15) is 0 Å². The van der Waals surface area contributed by atoms with Crippen LogP contribution in [-0.2, 0) is 6.42 Å². The second-order valence-electron chi connectivity index (χ2n) is 5.60. The van der Waals surface area contributed by atoms with E-state index in [0.29, 0.717) is 23.1 Å². The Bertz CT molecular complexity index is 641. The summed E-state index contributed by atoms with van der Waals surface area (Å²) in [4.78, 5) is 4.63. The molecule has 2 aromatic rings. The van der Waals surface area contributed by atoms with Gasteiger partial charge in [0.05, 0.1) is 0 Å². The minimum Gasteiger partial charge on any atom is -0.383 e. The van der Waals surface area contributed by atoms with Crippen LogP contribution in [0.3, 0.4) is 0 Å². The summed E-state index contributed by atoms with van der Waals surface area (Å²) in [6.07, 6.45) is 4.19. The summed E-state index contributed by atoms with van der Waals surface area (Å²) >= 11 is 0. The number of nitrogen functional groups attached to an aromatic ring is 1. The van der Waals surface area contributed by atoms with E-state index in [1.54, 1.807) is 6.07 Å². The lowest BCUT2D eigenvalue weighted by Crippen LogP contribution is -2.05. The van der Waals surface area contributed by atoms with E-state index in [1.807, 2.05) is 13.0 Å². The Labute approximate surface area is 118 Å². The van der Waals surface area contributed by atoms with E-state index >= 15 is 0 Å². The first kappa shape index (κ1) is 13.2. The normalized spacial score (nSPS) is 14.8. The molecule has 1 aromatic carbocycles. The summed E-state index contributed by atoms with van der Waals surface area (Å²) < 4.78 is 16.2. The van der Waals surface area contributed by atoms with Gasteiger partial charge in [0.1, 0.15) is 23.2 Å². The van der Waals surface area contributed by atoms with Crippen molar-refractivity contribution in [2.75, 3.05) is 5.73 Å². The van der Waals surface area contributed by atoms with E-state index in [-0.39, 0.29) is 5.82 Å². The van der Waals surface area contributed by atoms with Crippen LogP contribution >= 0.6 is 0 Å². The standard InChI is InChI=1S/C16H20FN3/c1-3-4-14-19-15(16(18)20(14)11-6-7-11)12-9-10(2)5-8-13(12)17/h5,8-9,11H,3-4,6-7,18H2,1-2H3. The molecule has 1 fully saturated rings. The fourth-order valence-electron chi connectivity index (χ4n) is 2.65. The summed E-state index contributed by atoms with van der Waals surface area (Å²) in [6, 6.07) is 5.53. The molecule has 0 atom stereocenters. The molecule has 1 aromatic heterocycles. The van der Waals surface area contributed by atoms with E-state index in [0.717, 1.165) is 37.1 Å². The number of rotatable bonds is 4. The van der Waals surface area contributed by atoms with Crippen molar-refractivity contribution in [1.29, 1.82) is 0 Å². The van der Waals surface area contributed by atoms with Crippen LogP contribution in [0.25, 0.3) is 11.3 Å². The molecular formula is C16H20FN3. The van der Waals surface area contributed by atoms with Crippen LogP contribution in [0.5, 0.6) is 0 Å². The highest BCUT2D eigenvalue weighted by Crippen LogP contribution is 2.41. The maximum Gasteiger partial charge on any atom is 0.132 e. The molecule has 4 heteroatoms. The Morgan fingerprint density at radius 1 is 1.40 bits per heavy atom. The Hall–Kier alpha value is -1.84. The first-order valence-corrected chi connectivity index (χ1v) is 7.25. The highest BCUT2D eigenvalue weighted by Gasteiger charge is 2.30. The average molecular weight is 273 g/mol. The molecule has 3 nitrogen and oxygen atoms in total. The highest BCUT2D eigenvalue weighted by molar-refractivity contribution is 5.72. The van der Waals surface area contributed by atoms with Crippen molar-refractivity contribution in [2.45, 2.75) is 45.6 Å². The maximum absolute atomic E-state index is 14.1. The largest absolute Gasteiger partial charge is 0.383 e. The van der Waals surface area contributed by atoms with E-state index in [1.165, 1.54) is 6.07 Å². The van der Waals surface area contributed by atoms with Crippen LogP contribution in [0.2, 0.25) is 0 Å². The van der Waals surface area contributed by atoms with Crippen molar-refractivity contribution in [3.63, 3.8) is 0 Å². The summed E-state index contributed by atoms with van der Waals surface area (Å²) in [5.41, 5.74) is 8.38. The van der Waals surface area contributed by atoms with Crippen molar-refractivity contribution in [2.24, 2.45) is 0 Å². The van der Waals surface area contributed by atoms with Crippen LogP contribution in [-0.4, -0.2) is 9.55 Å². The van der Waals surface area contributed by atoms with Gasteiger partial charge in [-0.15, -0.1) is 0 Å². The van der Waals surface area contributed by atoms with Crippen LogP contribution in [0, 0.1) is 12.7 Å². The van der Waals surface area contributed by atoms with Crippen LogP contribution in [0.1, 0.15) is 43.6 Å². The van der Waals surface area contributed by atoms with E-state index < -0.39 is 0 Å². The molecule has 1 aliphatic rings. The Morgan fingerprint density at radius 3 is 2.80 bits per heavy atom. The Morgan fingerprint density at radius 2 is 2.15 bits per heavy atom. The van der Waals surface area contributed by atoms with Gasteiger partial charge in [-0.3, -0.25) is 0 Å². The summed E-state index contributed by atoms with van der Waals surface area (Å²) in [5, 5.41) is 0. The van der Waals surface area contributed by atoms with Gasteiger partial charge in [-0.05, 0) is 38.3 Å². The lowest BCUT2D eigenvalue weighted by Gasteiger charge is -2.07. The lowest BCUT2D eigenvalue weighted by molar-refractivity contribution is 0.630. The molecule has 1 heterocycles. The van der Waals surface area contributed by atoms with Crippen molar-refractivity contribution in [3.8, 4) is 11.3 Å². The first-order valence-electron chi connectivity index (χ1n) is 7.25. The Balaban J connectivity index is 2.13. The number of imidazole rings is 1. The van der Waals surface area contributed by atoms with E-state index in [2.05, 4.69) is 16.5 Å². The predicted molar refractivity (Wildman–Crippen MR) is 79.0 cm³/mol. The summed E-state index contributed by atoms with van der Waals surface area (Å²) in [7, 11) is 0. The molecule has 106 valence electrons. The SMILES string of the molecule is CCCc1nc(-c2cc(C)ccc2F)c(N)n1C1CC1. The van der Waals surface area contributed by atoms with E-state index in [4.69, 9.17) is 5.73 Å². The van der Waals surface area contributed by atoms with Gasteiger partial charge in [0.25, 0.3) is 0 Å². The number of aryl methyl sites for hydroxylation is 2. The number of benzene rings is 1. The molecule has 0 unspecified atom stereocenters. The third kappa shape index (κ3) is 2.19. The number of nitrogens with two attached hydrogens (primary N) is 1. The molecule has 3 rings (SSSR count). The summed E-state index contributed by atoms with van der Waals surface area (Å²) in [6.45, 7) is 4.07. The van der Waals surface area contributed by atoms with Gasteiger partial charge in [0, 0.05) is 18.0 Å². The molecule has 0 saturated heterocycles. The Kier molecular flexibility index (Phi) is 3.24. The monoisotopic (exact) mass is 273 g/mol. The zero-order valence-corrected chi connectivity index (χ0v) is 12.0. The number of halogens is 1. The third-order valence-corrected chi connectivity index (χ3v) is 3.78. The topological polar surface area (TPSA) is 43.8 Å². The molecular weight excluding hydrogens is 253 g/mol. The molecule has 0 aliphatic heterocycles. The molecule has 1 saturated carbocycles. The average Bonchev–Trinajstić information content (AvgIpc) is 3.19. The highest BCUT2D eigenvalue weighted by atomic mass is 19.1. The zero-order chi connectivity index (χ0) is 14.3. The fourth-order valence-corrected chi connectivity index (χ4v) is 2.65. The zero-order valence-electron chi connectivity index (χ0n) is 12.0. The van der Waals surface area contributed by atoms with Gasteiger partial charge in [-0.25, -0.2) is 9.37 Å². The van der Waals surface area contributed by atoms with Crippen molar-refractivity contribution < 1.29 is 4.39 Å². The smallest absolute Gasteiger partial charge is 0.132 e. The number of aromatic nitrogens is 2. The second kappa shape index (κ2) is 4.93. The fraction of sp³-hybridized carbons (Fsp3) is 0.438. The van der Waals surface area contributed by atoms with E-state index in [9.17, 15) is 4.39 Å². The number of hydrogen-bond donors (Lipinski definition) is 1. The number of anilines is 1. The molecule has 0 spiro atoms. The first-order chi connectivity index (χ1) is 9.61. The lowest BCUT2D eigenvalue weighted by atomic mass is 10.1. The quantitative estimate of drug-likeness (QED) is 0.919. The molecule has 2 N–H and O–H groups in total. The minimum absolute atomic E-state index is 0.259. The predicted octanol–water partition coefficient (Wildman–Crippen LogP) is 3.87. The third-order valence-electron chi connectivity index (χ3n) is 3.78.